The molecule has 0 unspecified atom stereocenters. The Morgan fingerprint density at radius 2 is 2.00 bits per heavy atom. The molecule has 0 spiro atoms. The molecule has 0 aromatic heterocycles. The van der Waals surface area contributed by atoms with Gasteiger partial charge >= 0.3 is 0 Å². The van der Waals surface area contributed by atoms with E-state index in [2.05, 4.69) is 20.8 Å². The molecule has 5 heteroatoms. The Kier molecular flexibility index (Phi) is 6.21. The first-order chi connectivity index (χ1) is 10.2. The molecule has 1 heterocycles. The van der Waals surface area contributed by atoms with Crippen LogP contribution in [-0.2, 0) is 9.47 Å². The van der Waals surface area contributed by atoms with Crippen molar-refractivity contribution in [2.45, 2.75) is 25.6 Å². The number of ether oxygens (including phenoxy) is 2. The van der Waals surface area contributed by atoms with E-state index in [1.54, 1.807) is 14.2 Å². The summed E-state index contributed by atoms with van der Waals surface area (Å²) < 4.78 is 11.4. The summed E-state index contributed by atoms with van der Waals surface area (Å²) in [6.07, 6.45) is 3.93. The molecule has 0 N–H and O–H groups in total. The number of anilines is 1. The Morgan fingerprint density at radius 3 is 2.57 bits per heavy atom. The molecule has 1 aromatic rings. The number of halogens is 1. The van der Waals surface area contributed by atoms with E-state index < -0.39 is 0 Å². The van der Waals surface area contributed by atoms with Crippen LogP contribution in [0, 0.1) is 5.92 Å². The lowest BCUT2D eigenvalue weighted by molar-refractivity contribution is -0.115. The number of rotatable bonds is 6. The van der Waals surface area contributed by atoms with Gasteiger partial charge in [-0.2, -0.15) is 0 Å². The lowest BCUT2D eigenvalue weighted by atomic mass is 9.92. The molecule has 0 radical (unpaired) electrons. The van der Waals surface area contributed by atoms with Crippen molar-refractivity contribution in [3.63, 3.8) is 0 Å². The highest BCUT2D eigenvalue weighted by molar-refractivity contribution is 9.10. The van der Waals surface area contributed by atoms with Gasteiger partial charge in [0, 0.05) is 43.9 Å². The predicted molar refractivity (Wildman–Crippen MR) is 86.9 cm³/mol. The fraction of sp³-hybridized carbons (Fsp3) is 0.562. The average molecular weight is 356 g/mol. The Morgan fingerprint density at radius 1 is 1.33 bits per heavy atom. The third kappa shape index (κ3) is 4.05. The van der Waals surface area contributed by atoms with Crippen LogP contribution in [0.2, 0.25) is 0 Å². The van der Waals surface area contributed by atoms with E-state index >= 15 is 0 Å². The molecule has 116 valence electrons. The van der Waals surface area contributed by atoms with Gasteiger partial charge in [-0.25, -0.2) is 0 Å². The first-order valence-corrected chi connectivity index (χ1v) is 8.03. The molecule has 1 aliphatic rings. The van der Waals surface area contributed by atoms with Crippen molar-refractivity contribution < 1.29 is 14.3 Å². The molecule has 0 atom stereocenters. The molecule has 0 amide bonds. The number of carbonyl (C=O) groups is 1. The van der Waals surface area contributed by atoms with E-state index in [-0.39, 0.29) is 6.29 Å². The number of hydrogen-bond donors (Lipinski definition) is 0. The Balaban J connectivity index is 1.98. The predicted octanol–water partition coefficient (Wildman–Crippen LogP) is 3.49. The summed E-state index contributed by atoms with van der Waals surface area (Å²) in [6.45, 7) is 1.92. The minimum Gasteiger partial charge on any atom is -0.371 e. The number of nitrogens with zero attached hydrogens (tertiary/aromatic N) is 1. The molecular weight excluding hydrogens is 334 g/mol. The van der Waals surface area contributed by atoms with E-state index in [1.807, 2.05) is 18.2 Å². The average Bonchev–Trinajstić information content (AvgIpc) is 2.53. The first kappa shape index (κ1) is 16.5. The zero-order chi connectivity index (χ0) is 15.2. The zero-order valence-electron chi connectivity index (χ0n) is 12.5. The fourth-order valence-corrected chi connectivity index (χ4v) is 3.34. The third-order valence-electron chi connectivity index (χ3n) is 4.15. The van der Waals surface area contributed by atoms with Crippen molar-refractivity contribution in [3.05, 3.63) is 28.2 Å². The number of aldehydes is 1. The summed E-state index contributed by atoms with van der Waals surface area (Å²) in [5.41, 5.74) is 1.76. The molecule has 1 fully saturated rings. The van der Waals surface area contributed by atoms with Gasteiger partial charge < -0.3 is 14.4 Å². The number of hydrogen-bond acceptors (Lipinski definition) is 4. The maximum absolute atomic E-state index is 11.3. The van der Waals surface area contributed by atoms with Gasteiger partial charge in [0.05, 0.1) is 5.56 Å². The standard InChI is InChI=1S/C16H22BrNO3/c1-20-16(21-2)10-12-6-8-18(9-7-12)15-5-3-4-14(17)13(15)11-19/h3-5,11-12,16H,6-10H2,1-2H3. The van der Waals surface area contributed by atoms with Crippen molar-refractivity contribution in [2.24, 2.45) is 5.92 Å². The lowest BCUT2D eigenvalue weighted by Gasteiger charge is -2.35. The topological polar surface area (TPSA) is 38.8 Å². The second kappa shape index (κ2) is 7.92. The van der Waals surface area contributed by atoms with E-state index in [0.29, 0.717) is 5.92 Å². The van der Waals surface area contributed by atoms with Crippen molar-refractivity contribution in [1.29, 1.82) is 0 Å². The van der Waals surface area contributed by atoms with Gasteiger partial charge in [0.25, 0.3) is 0 Å². The van der Waals surface area contributed by atoms with Crippen molar-refractivity contribution >= 4 is 27.9 Å². The van der Waals surface area contributed by atoms with Crippen LogP contribution in [-0.4, -0.2) is 39.9 Å². The van der Waals surface area contributed by atoms with Crippen LogP contribution in [0.5, 0.6) is 0 Å². The molecule has 0 bridgehead atoms. The highest BCUT2D eigenvalue weighted by Crippen LogP contribution is 2.31. The minimum absolute atomic E-state index is 0.113. The van der Waals surface area contributed by atoms with Gasteiger partial charge in [0.1, 0.15) is 0 Å². The highest BCUT2D eigenvalue weighted by Gasteiger charge is 2.24. The van der Waals surface area contributed by atoms with E-state index in [4.69, 9.17) is 9.47 Å². The Labute approximate surface area is 134 Å². The number of carbonyl (C=O) groups excluding carboxylic acids is 1. The van der Waals surface area contributed by atoms with Gasteiger partial charge in [-0.05, 0) is 46.8 Å². The van der Waals surface area contributed by atoms with Crippen LogP contribution in [0.15, 0.2) is 22.7 Å². The smallest absolute Gasteiger partial charge is 0.157 e. The van der Waals surface area contributed by atoms with Gasteiger partial charge in [-0.15, -0.1) is 0 Å². The molecule has 1 aliphatic heterocycles. The van der Waals surface area contributed by atoms with Crippen LogP contribution >= 0.6 is 15.9 Å². The van der Waals surface area contributed by atoms with Crippen LogP contribution in [0.4, 0.5) is 5.69 Å². The van der Waals surface area contributed by atoms with Crippen LogP contribution in [0.1, 0.15) is 29.6 Å². The largest absolute Gasteiger partial charge is 0.371 e. The van der Waals surface area contributed by atoms with Gasteiger partial charge in [-0.3, -0.25) is 4.79 Å². The second-order valence-corrected chi connectivity index (χ2v) is 6.21. The Hall–Kier alpha value is -0.910. The first-order valence-electron chi connectivity index (χ1n) is 7.23. The van der Waals surface area contributed by atoms with Gasteiger partial charge in [0.2, 0.25) is 0 Å². The zero-order valence-corrected chi connectivity index (χ0v) is 14.1. The quantitative estimate of drug-likeness (QED) is 0.578. The summed E-state index contributed by atoms with van der Waals surface area (Å²) in [5.74, 6) is 0.609. The lowest BCUT2D eigenvalue weighted by Crippen LogP contribution is -2.35. The summed E-state index contributed by atoms with van der Waals surface area (Å²) in [5, 5.41) is 0. The number of methoxy groups -OCH3 is 2. The van der Waals surface area contributed by atoms with E-state index in [1.165, 1.54) is 0 Å². The van der Waals surface area contributed by atoms with Crippen LogP contribution < -0.4 is 4.90 Å². The molecule has 2 rings (SSSR count). The molecule has 0 saturated carbocycles. The molecule has 1 saturated heterocycles. The summed E-state index contributed by atoms with van der Waals surface area (Å²) in [6, 6.07) is 5.90. The van der Waals surface area contributed by atoms with Crippen molar-refractivity contribution in [2.75, 3.05) is 32.2 Å². The number of benzene rings is 1. The second-order valence-electron chi connectivity index (χ2n) is 5.36. The fourth-order valence-electron chi connectivity index (χ4n) is 2.89. The molecule has 21 heavy (non-hydrogen) atoms. The normalized spacial score (nSPS) is 16.5. The molecule has 0 aliphatic carbocycles. The van der Waals surface area contributed by atoms with Crippen molar-refractivity contribution in [1.82, 2.24) is 0 Å². The molecular formula is C16H22BrNO3. The van der Waals surface area contributed by atoms with Gasteiger partial charge in [0.15, 0.2) is 12.6 Å². The maximum atomic E-state index is 11.3. The maximum Gasteiger partial charge on any atom is 0.157 e. The van der Waals surface area contributed by atoms with Crippen molar-refractivity contribution in [3.8, 4) is 0 Å². The van der Waals surface area contributed by atoms with Crippen LogP contribution in [0.25, 0.3) is 0 Å². The third-order valence-corrected chi connectivity index (χ3v) is 4.85. The highest BCUT2D eigenvalue weighted by atomic mass is 79.9. The Bertz CT molecular complexity index is 469. The van der Waals surface area contributed by atoms with Crippen LogP contribution in [0.3, 0.4) is 0 Å². The number of piperidine rings is 1. The minimum atomic E-state index is -0.113. The summed E-state index contributed by atoms with van der Waals surface area (Å²) >= 11 is 3.45. The SMILES string of the molecule is COC(CC1CCN(c2cccc(Br)c2C=O)CC1)OC. The monoisotopic (exact) mass is 355 g/mol. The molecule has 1 aromatic carbocycles. The summed E-state index contributed by atoms with van der Waals surface area (Å²) in [4.78, 5) is 13.6. The van der Waals surface area contributed by atoms with E-state index in [0.717, 1.165) is 54.4 Å². The van der Waals surface area contributed by atoms with E-state index in [9.17, 15) is 4.79 Å². The van der Waals surface area contributed by atoms with Gasteiger partial charge in [-0.1, -0.05) is 6.07 Å². The molecule has 4 nitrogen and oxygen atoms in total. The summed E-state index contributed by atoms with van der Waals surface area (Å²) in [7, 11) is 3.36.